The quantitative estimate of drug-likeness (QED) is 0.678. The second-order valence-electron chi connectivity index (χ2n) is 6.25. The lowest BCUT2D eigenvalue weighted by Crippen LogP contribution is -2.36. The molecule has 140 valence electrons. The van der Waals surface area contributed by atoms with Gasteiger partial charge in [0.2, 0.25) is 0 Å². The van der Waals surface area contributed by atoms with Crippen LogP contribution in [0.4, 0.5) is 0 Å². The number of fused-ring (bicyclic) bond motifs is 1. The number of nitrogens with zero attached hydrogens (tertiary/aromatic N) is 3. The lowest BCUT2D eigenvalue weighted by molar-refractivity contribution is 0.0947. The minimum absolute atomic E-state index is 0.0947. The van der Waals surface area contributed by atoms with Crippen LogP contribution in [0, 0.1) is 0 Å². The molecule has 0 aliphatic carbocycles. The highest BCUT2D eigenvalue weighted by molar-refractivity contribution is 6.30. The maximum atomic E-state index is 12.8. The molecule has 0 spiro atoms. The Morgan fingerprint density at radius 3 is 2.74 bits per heavy atom. The summed E-state index contributed by atoms with van der Waals surface area (Å²) in [5.41, 5.74) is 1.60. The van der Waals surface area contributed by atoms with Crippen LogP contribution in [0.15, 0.2) is 47.4 Å². The van der Waals surface area contributed by atoms with Crippen LogP contribution in [0.1, 0.15) is 35.8 Å². The number of unbranched alkanes of at least 4 members (excludes halogenated alkanes) is 1. The van der Waals surface area contributed by atoms with Crippen molar-refractivity contribution in [3.05, 3.63) is 69.2 Å². The van der Waals surface area contributed by atoms with Gasteiger partial charge in [-0.25, -0.2) is 9.97 Å². The van der Waals surface area contributed by atoms with Gasteiger partial charge in [-0.15, -0.1) is 0 Å². The summed E-state index contributed by atoms with van der Waals surface area (Å²) in [6, 6.07) is 10.9. The smallest absolute Gasteiger partial charge is 0.283 e. The Balaban J connectivity index is 1.80. The number of carbonyl (C=O) groups excluding carboxylic acids is 1. The van der Waals surface area contributed by atoms with Gasteiger partial charge in [-0.1, -0.05) is 37.1 Å². The van der Waals surface area contributed by atoms with Crippen LogP contribution >= 0.6 is 11.6 Å². The van der Waals surface area contributed by atoms with Gasteiger partial charge in [-0.2, -0.15) is 0 Å². The van der Waals surface area contributed by atoms with E-state index in [9.17, 15) is 9.59 Å². The van der Waals surface area contributed by atoms with E-state index in [-0.39, 0.29) is 5.69 Å². The van der Waals surface area contributed by atoms with Crippen molar-refractivity contribution < 1.29 is 4.79 Å². The topological polar surface area (TPSA) is 76.9 Å². The standard InChI is InChI=1S/C20H21ClN4O2/c1-2-3-13-25-18-16(5-4-11-22-18)24-17(20(25)27)19(26)23-12-10-14-6-8-15(21)9-7-14/h4-9,11H,2-3,10,12-13H2,1H3,(H,23,26). The predicted molar refractivity (Wildman–Crippen MR) is 106 cm³/mol. The monoisotopic (exact) mass is 384 g/mol. The number of carbonyl (C=O) groups is 1. The van der Waals surface area contributed by atoms with E-state index >= 15 is 0 Å². The van der Waals surface area contributed by atoms with E-state index in [2.05, 4.69) is 15.3 Å². The van der Waals surface area contributed by atoms with E-state index in [1.807, 2.05) is 31.2 Å². The van der Waals surface area contributed by atoms with Crippen LogP contribution in [0.5, 0.6) is 0 Å². The molecule has 2 heterocycles. The fraction of sp³-hybridized carbons (Fsp3) is 0.300. The van der Waals surface area contributed by atoms with Crippen molar-refractivity contribution in [3.8, 4) is 0 Å². The first-order valence-corrected chi connectivity index (χ1v) is 9.36. The molecule has 7 heteroatoms. The lowest BCUT2D eigenvalue weighted by Gasteiger charge is -2.11. The van der Waals surface area contributed by atoms with E-state index in [0.717, 1.165) is 18.4 Å². The molecule has 0 saturated carbocycles. The first kappa shape index (κ1) is 19.0. The molecule has 0 unspecified atom stereocenters. The molecule has 0 atom stereocenters. The van der Waals surface area contributed by atoms with Crippen LogP contribution in [0.25, 0.3) is 11.2 Å². The van der Waals surface area contributed by atoms with Crippen molar-refractivity contribution in [2.45, 2.75) is 32.7 Å². The van der Waals surface area contributed by atoms with Gasteiger partial charge in [0.1, 0.15) is 5.52 Å². The number of pyridine rings is 1. The number of aryl methyl sites for hydroxylation is 1. The van der Waals surface area contributed by atoms with Crippen molar-refractivity contribution >= 4 is 28.7 Å². The maximum Gasteiger partial charge on any atom is 0.283 e. The molecule has 2 aromatic heterocycles. The van der Waals surface area contributed by atoms with E-state index in [4.69, 9.17) is 11.6 Å². The van der Waals surface area contributed by atoms with Crippen molar-refractivity contribution in [1.29, 1.82) is 0 Å². The third-order valence-electron chi connectivity index (χ3n) is 4.26. The molecular weight excluding hydrogens is 364 g/mol. The molecular formula is C20H21ClN4O2. The fourth-order valence-electron chi connectivity index (χ4n) is 2.80. The molecule has 0 saturated heterocycles. The zero-order valence-corrected chi connectivity index (χ0v) is 15.9. The highest BCUT2D eigenvalue weighted by Gasteiger charge is 2.17. The normalized spacial score (nSPS) is 10.9. The molecule has 1 N–H and O–H groups in total. The zero-order valence-electron chi connectivity index (χ0n) is 15.1. The Morgan fingerprint density at radius 2 is 2.00 bits per heavy atom. The van der Waals surface area contributed by atoms with E-state index in [0.29, 0.717) is 35.7 Å². The van der Waals surface area contributed by atoms with Crippen molar-refractivity contribution in [1.82, 2.24) is 19.9 Å². The van der Waals surface area contributed by atoms with Crippen LogP contribution < -0.4 is 10.9 Å². The number of aromatic nitrogens is 3. The molecule has 27 heavy (non-hydrogen) atoms. The Bertz CT molecular complexity index is 999. The summed E-state index contributed by atoms with van der Waals surface area (Å²) in [5.74, 6) is -0.468. The average Bonchev–Trinajstić information content (AvgIpc) is 2.68. The third-order valence-corrected chi connectivity index (χ3v) is 4.52. The van der Waals surface area contributed by atoms with Crippen LogP contribution in [0.2, 0.25) is 5.02 Å². The SMILES string of the molecule is CCCCn1c(=O)c(C(=O)NCCc2ccc(Cl)cc2)nc2cccnc21. The minimum atomic E-state index is -0.468. The third kappa shape index (κ3) is 4.52. The van der Waals surface area contributed by atoms with E-state index in [1.54, 1.807) is 22.9 Å². The number of amides is 1. The number of rotatable bonds is 7. The first-order valence-electron chi connectivity index (χ1n) is 8.98. The number of hydrogen-bond acceptors (Lipinski definition) is 4. The van der Waals surface area contributed by atoms with Crippen LogP contribution in [-0.2, 0) is 13.0 Å². The van der Waals surface area contributed by atoms with Gasteiger partial charge in [0, 0.05) is 24.3 Å². The summed E-state index contributed by atoms with van der Waals surface area (Å²) >= 11 is 5.87. The van der Waals surface area contributed by atoms with Crippen LogP contribution in [0.3, 0.4) is 0 Å². The summed E-state index contributed by atoms with van der Waals surface area (Å²) < 4.78 is 1.54. The van der Waals surface area contributed by atoms with Gasteiger partial charge in [-0.3, -0.25) is 14.2 Å². The molecule has 0 bridgehead atoms. The number of halogens is 1. The average molecular weight is 385 g/mol. The summed E-state index contributed by atoms with van der Waals surface area (Å²) in [4.78, 5) is 33.9. The Hall–Kier alpha value is -2.73. The largest absolute Gasteiger partial charge is 0.350 e. The molecule has 3 rings (SSSR count). The van der Waals surface area contributed by atoms with Gasteiger partial charge >= 0.3 is 0 Å². The first-order chi connectivity index (χ1) is 13.1. The van der Waals surface area contributed by atoms with Crippen LogP contribution in [-0.4, -0.2) is 27.0 Å². The second kappa shape index (κ2) is 8.77. The predicted octanol–water partition coefficient (Wildman–Crippen LogP) is 3.22. The van der Waals surface area contributed by atoms with Gasteiger partial charge in [0.05, 0.1) is 0 Å². The molecule has 0 aliphatic heterocycles. The number of benzene rings is 1. The molecule has 1 amide bonds. The molecule has 0 fully saturated rings. The Kier molecular flexibility index (Phi) is 6.19. The summed E-state index contributed by atoms with van der Waals surface area (Å²) in [6.07, 6.45) is 4.03. The van der Waals surface area contributed by atoms with Gasteiger partial charge < -0.3 is 5.32 Å². The van der Waals surface area contributed by atoms with E-state index < -0.39 is 11.5 Å². The molecule has 6 nitrogen and oxygen atoms in total. The maximum absolute atomic E-state index is 12.8. The van der Waals surface area contributed by atoms with Gasteiger partial charge in [-0.05, 0) is 42.7 Å². The molecule has 0 aliphatic rings. The highest BCUT2D eigenvalue weighted by Crippen LogP contribution is 2.10. The number of nitrogens with one attached hydrogen (secondary N) is 1. The molecule has 0 radical (unpaired) electrons. The lowest BCUT2D eigenvalue weighted by atomic mass is 10.1. The zero-order chi connectivity index (χ0) is 19.2. The minimum Gasteiger partial charge on any atom is -0.350 e. The van der Waals surface area contributed by atoms with Crippen molar-refractivity contribution in [2.75, 3.05) is 6.54 Å². The summed E-state index contributed by atoms with van der Waals surface area (Å²) in [5, 5.41) is 3.45. The Labute approximate surface area is 162 Å². The molecule has 3 aromatic rings. The van der Waals surface area contributed by atoms with Crippen molar-refractivity contribution in [2.24, 2.45) is 0 Å². The summed E-state index contributed by atoms with van der Waals surface area (Å²) in [6.45, 7) is 2.96. The highest BCUT2D eigenvalue weighted by atomic mass is 35.5. The van der Waals surface area contributed by atoms with Crippen molar-refractivity contribution in [3.63, 3.8) is 0 Å². The van der Waals surface area contributed by atoms with Gasteiger partial charge in [0.15, 0.2) is 11.3 Å². The fourth-order valence-corrected chi connectivity index (χ4v) is 2.93. The summed E-state index contributed by atoms with van der Waals surface area (Å²) in [7, 11) is 0. The Morgan fingerprint density at radius 1 is 1.22 bits per heavy atom. The molecule has 1 aromatic carbocycles. The van der Waals surface area contributed by atoms with E-state index in [1.165, 1.54) is 0 Å². The second-order valence-corrected chi connectivity index (χ2v) is 6.69. The van der Waals surface area contributed by atoms with Gasteiger partial charge in [0.25, 0.3) is 11.5 Å². The number of hydrogen-bond donors (Lipinski definition) is 1.